The molecule has 0 radical (unpaired) electrons. The molecule has 0 bridgehead atoms. The molecule has 2 N–H and O–H groups in total. The Bertz CT molecular complexity index is 755. The lowest BCUT2D eigenvalue weighted by atomic mass is 9.70. The number of hydrogen-bond acceptors (Lipinski definition) is 6. The van der Waals surface area contributed by atoms with Gasteiger partial charge in [-0.15, -0.1) is 0 Å². The van der Waals surface area contributed by atoms with Crippen molar-refractivity contribution in [1.82, 2.24) is 0 Å². The molecular formula is C20H28O6. The minimum atomic E-state index is -1.98. The number of aliphatic hydroxyl groups is 2. The summed E-state index contributed by atoms with van der Waals surface area (Å²) in [5, 5.41) is 22.0. The standard InChI is InChI=1S/C20H28O6/c1-9-8-10(2)17-14(16(9)24-7)18(22)19(6,23)20(26-17)12(4)15(21)11(3)13(5)25-20/h8,11-13,15,21,23H,1-7H3/t11-,12-,13-,15-,19+,20+/m1/s1. The lowest BCUT2D eigenvalue weighted by Gasteiger charge is -2.56. The number of benzene rings is 1. The molecule has 1 aromatic rings. The second kappa shape index (κ2) is 5.94. The average Bonchev–Trinajstić information content (AvgIpc) is 2.57. The quantitative estimate of drug-likeness (QED) is 0.796. The maximum absolute atomic E-state index is 13.4. The van der Waals surface area contributed by atoms with E-state index in [2.05, 4.69) is 0 Å². The third-order valence-electron chi connectivity index (χ3n) is 6.16. The highest BCUT2D eigenvalue weighted by atomic mass is 16.7. The van der Waals surface area contributed by atoms with Crippen LogP contribution in [0.15, 0.2) is 6.07 Å². The van der Waals surface area contributed by atoms with E-state index in [-0.39, 0.29) is 11.5 Å². The van der Waals surface area contributed by atoms with E-state index in [9.17, 15) is 15.0 Å². The molecule has 1 spiro atoms. The number of carbonyl (C=O) groups is 1. The number of hydrogen-bond donors (Lipinski definition) is 2. The van der Waals surface area contributed by atoms with Crippen molar-refractivity contribution in [2.24, 2.45) is 11.8 Å². The molecule has 0 amide bonds. The molecule has 1 fully saturated rings. The first kappa shape index (κ1) is 19.1. The number of fused-ring (bicyclic) bond motifs is 1. The van der Waals surface area contributed by atoms with Crippen molar-refractivity contribution >= 4 is 5.78 Å². The molecule has 0 aliphatic carbocycles. The highest BCUT2D eigenvalue weighted by molar-refractivity contribution is 6.09. The monoisotopic (exact) mass is 364 g/mol. The van der Waals surface area contributed by atoms with E-state index < -0.39 is 35.3 Å². The zero-order chi connectivity index (χ0) is 19.6. The fraction of sp³-hybridized carbons (Fsp3) is 0.650. The van der Waals surface area contributed by atoms with Crippen LogP contribution in [0.5, 0.6) is 11.5 Å². The van der Waals surface area contributed by atoms with Crippen LogP contribution in [0.3, 0.4) is 0 Å². The Morgan fingerprint density at radius 2 is 1.81 bits per heavy atom. The van der Waals surface area contributed by atoms with Crippen LogP contribution in [0.4, 0.5) is 0 Å². The fourth-order valence-electron chi connectivity index (χ4n) is 4.33. The summed E-state index contributed by atoms with van der Waals surface area (Å²) in [5.74, 6) is -2.25. The van der Waals surface area contributed by atoms with E-state index in [0.29, 0.717) is 11.5 Å². The fourth-order valence-corrected chi connectivity index (χ4v) is 4.33. The maximum Gasteiger partial charge on any atom is 0.252 e. The second-order valence-corrected chi connectivity index (χ2v) is 7.88. The van der Waals surface area contributed by atoms with Crippen molar-refractivity contribution < 1.29 is 29.2 Å². The van der Waals surface area contributed by atoms with Crippen LogP contribution < -0.4 is 9.47 Å². The van der Waals surface area contributed by atoms with Crippen molar-refractivity contribution in [2.45, 2.75) is 65.1 Å². The zero-order valence-electron chi connectivity index (χ0n) is 16.4. The van der Waals surface area contributed by atoms with Crippen molar-refractivity contribution in [1.29, 1.82) is 0 Å². The van der Waals surface area contributed by atoms with Crippen molar-refractivity contribution in [3.63, 3.8) is 0 Å². The van der Waals surface area contributed by atoms with Gasteiger partial charge in [0.05, 0.1) is 25.2 Å². The Kier molecular flexibility index (Phi) is 4.37. The predicted octanol–water partition coefficient (Wildman–Crippen LogP) is 2.39. The van der Waals surface area contributed by atoms with Crippen molar-refractivity contribution in [2.75, 3.05) is 7.11 Å². The number of carbonyl (C=O) groups excluding carboxylic acids is 1. The van der Waals surface area contributed by atoms with E-state index in [4.69, 9.17) is 14.2 Å². The lowest BCUT2D eigenvalue weighted by Crippen LogP contribution is -2.73. The Morgan fingerprint density at radius 1 is 1.19 bits per heavy atom. The summed E-state index contributed by atoms with van der Waals surface area (Å²) >= 11 is 0. The third-order valence-corrected chi connectivity index (χ3v) is 6.16. The number of aryl methyl sites for hydroxylation is 2. The number of aliphatic hydroxyl groups excluding tert-OH is 1. The summed E-state index contributed by atoms with van der Waals surface area (Å²) in [7, 11) is 1.48. The maximum atomic E-state index is 13.4. The van der Waals surface area contributed by atoms with Crippen LogP contribution in [-0.2, 0) is 4.74 Å². The van der Waals surface area contributed by atoms with Crippen LogP contribution >= 0.6 is 0 Å². The summed E-state index contributed by atoms with van der Waals surface area (Å²) in [6, 6.07) is 1.87. The van der Waals surface area contributed by atoms with Gasteiger partial charge in [-0.3, -0.25) is 4.79 Å². The van der Waals surface area contributed by atoms with Crippen LogP contribution in [0.25, 0.3) is 0 Å². The van der Waals surface area contributed by atoms with E-state index in [1.165, 1.54) is 14.0 Å². The van der Waals surface area contributed by atoms with Gasteiger partial charge in [-0.25, -0.2) is 0 Å². The largest absolute Gasteiger partial charge is 0.496 e. The van der Waals surface area contributed by atoms with Crippen LogP contribution in [0.2, 0.25) is 0 Å². The summed E-state index contributed by atoms with van der Waals surface area (Å²) in [4.78, 5) is 13.4. The molecule has 0 saturated carbocycles. The molecule has 6 heteroatoms. The minimum absolute atomic E-state index is 0.153. The van der Waals surface area contributed by atoms with Crippen LogP contribution in [-0.4, -0.2) is 46.7 Å². The zero-order valence-corrected chi connectivity index (χ0v) is 16.4. The highest BCUT2D eigenvalue weighted by Crippen LogP contribution is 2.52. The highest BCUT2D eigenvalue weighted by Gasteiger charge is 2.67. The lowest BCUT2D eigenvalue weighted by molar-refractivity contribution is -0.349. The molecule has 0 unspecified atom stereocenters. The first-order chi connectivity index (χ1) is 12.0. The summed E-state index contributed by atoms with van der Waals surface area (Å²) in [6.45, 7) is 10.5. The molecule has 1 aromatic carbocycles. The van der Waals surface area contributed by atoms with Crippen LogP contribution in [0.1, 0.15) is 49.2 Å². The van der Waals surface area contributed by atoms with Gasteiger partial charge in [0.1, 0.15) is 17.1 Å². The summed E-state index contributed by atoms with van der Waals surface area (Å²) < 4.78 is 17.8. The van der Waals surface area contributed by atoms with Crippen LogP contribution in [0, 0.1) is 25.7 Å². The topological polar surface area (TPSA) is 85.2 Å². The number of Topliss-reactive ketones (excluding diaryl/α,β-unsaturated/α-hetero) is 1. The molecule has 26 heavy (non-hydrogen) atoms. The molecule has 0 aromatic heterocycles. The summed E-state index contributed by atoms with van der Waals surface area (Å²) in [6.07, 6.45) is -1.18. The molecular weight excluding hydrogens is 336 g/mol. The molecule has 6 nitrogen and oxygen atoms in total. The predicted molar refractivity (Wildman–Crippen MR) is 95.7 cm³/mol. The number of ketones is 1. The number of rotatable bonds is 1. The van der Waals surface area contributed by atoms with Gasteiger partial charge in [-0.05, 0) is 44.9 Å². The SMILES string of the molecule is COc1c(C)cc(C)c2c1C(=O)[C@](C)(O)[C@]1(O2)O[C@H](C)[C@@H](C)[C@@H](O)[C@H]1C. The first-order valence-corrected chi connectivity index (χ1v) is 8.99. The van der Waals surface area contributed by atoms with Crippen molar-refractivity contribution in [3.05, 3.63) is 22.8 Å². The average molecular weight is 364 g/mol. The molecule has 6 atom stereocenters. The van der Waals surface area contributed by atoms with E-state index in [0.717, 1.165) is 11.1 Å². The van der Waals surface area contributed by atoms with Gasteiger partial charge in [0.25, 0.3) is 5.79 Å². The molecule has 2 aliphatic rings. The van der Waals surface area contributed by atoms with E-state index >= 15 is 0 Å². The Morgan fingerprint density at radius 3 is 2.38 bits per heavy atom. The molecule has 2 aliphatic heterocycles. The third kappa shape index (κ3) is 2.25. The van der Waals surface area contributed by atoms with Gasteiger partial charge in [-0.1, -0.05) is 13.8 Å². The molecule has 144 valence electrons. The van der Waals surface area contributed by atoms with Gasteiger partial charge in [0.15, 0.2) is 5.60 Å². The Hall–Kier alpha value is -1.63. The van der Waals surface area contributed by atoms with Gasteiger partial charge >= 0.3 is 0 Å². The molecule has 2 heterocycles. The Labute approximate surface area is 154 Å². The Balaban J connectivity index is 2.26. The summed E-state index contributed by atoms with van der Waals surface area (Å²) in [5.41, 5.74) is -0.232. The van der Waals surface area contributed by atoms with Gasteiger partial charge in [-0.2, -0.15) is 0 Å². The molecule has 3 rings (SSSR count). The number of ether oxygens (including phenoxy) is 3. The van der Waals surface area contributed by atoms with E-state index in [1.54, 1.807) is 6.92 Å². The van der Waals surface area contributed by atoms with Gasteiger partial charge in [0, 0.05) is 5.92 Å². The number of methoxy groups -OCH3 is 1. The van der Waals surface area contributed by atoms with E-state index in [1.807, 2.05) is 33.8 Å². The normalized spacial score (nSPS) is 39.5. The second-order valence-electron chi connectivity index (χ2n) is 7.88. The smallest absolute Gasteiger partial charge is 0.252 e. The minimum Gasteiger partial charge on any atom is -0.496 e. The van der Waals surface area contributed by atoms with Crippen molar-refractivity contribution in [3.8, 4) is 11.5 Å². The van der Waals surface area contributed by atoms with Gasteiger partial charge in [0.2, 0.25) is 5.78 Å². The van der Waals surface area contributed by atoms with Gasteiger partial charge < -0.3 is 24.4 Å². The molecule has 1 saturated heterocycles. The first-order valence-electron chi connectivity index (χ1n) is 8.99.